The molecule has 0 radical (unpaired) electrons. The third-order valence-electron chi connectivity index (χ3n) is 4.30. The van der Waals surface area contributed by atoms with E-state index in [1.165, 1.54) is 0 Å². The summed E-state index contributed by atoms with van der Waals surface area (Å²) in [5.41, 5.74) is 6.71. The van der Waals surface area contributed by atoms with Gasteiger partial charge in [0.25, 0.3) is 5.91 Å². The van der Waals surface area contributed by atoms with E-state index in [-0.39, 0.29) is 24.0 Å². The second kappa shape index (κ2) is 10.2. The fourth-order valence-electron chi connectivity index (χ4n) is 2.90. The summed E-state index contributed by atoms with van der Waals surface area (Å²) >= 11 is 8.45. The van der Waals surface area contributed by atoms with E-state index in [4.69, 9.17) is 17.0 Å². The molecule has 0 saturated carbocycles. The van der Waals surface area contributed by atoms with Gasteiger partial charge >= 0.3 is 0 Å². The second-order valence-corrected chi connectivity index (χ2v) is 7.89. The van der Waals surface area contributed by atoms with Crippen LogP contribution in [0.25, 0.3) is 10.8 Å². The van der Waals surface area contributed by atoms with Gasteiger partial charge in [-0.1, -0.05) is 58.4 Å². The van der Waals surface area contributed by atoms with Gasteiger partial charge in [0.15, 0.2) is 11.7 Å². The third-order valence-corrected chi connectivity index (χ3v) is 4.99. The lowest BCUT2D eigenvalue weighted by molar-refractivity contribution is -0.124. The molecule has 3 rings (SSSR count). The van der Waals surface area contributed by atoms with Crippen LogP contribution in [0.5, 0.6) is 5.75 Å². The molecule has 0 saturated heterocycles. The predicted octanol–water partition coefficient (Wildman–Crippen LogP) is 3.55. The number of carbonyl (C=O) groups is 2. The summed E-state index contributed by atoms with van der Waals surface area (Å²) in [5.74, 6) is -0.0953. The van der Waals surface area contributed by atoms with Crippen LogP contribution >= 0.6 is 28.1 Å². The summed E-state index contributed by atoms with van der Waals surface area (Å²) in [7, 11) is 0. The molecule has 0 unspecified atom stereocenters. The summed E-state index contributed by atoms with van der Waals surface area (Å²) in [6.45, 7) is 1.69. The van der Waals surface area contributed by atoms with Gasteiger partial charge in [-0.15, -0.1) is 0 Å². The number of amides is 2. The Morgan fingerprint density at radius 3 is 2.57 bits per heavy atom. The van der Waals surface area contributed by atoms with Gasteiger partial charge in [0, 0.05) is 4.47 Å². The van der Waals surface area contributed by atoms with Crippen molar-refractivity contribution in [2.75, 3.05) is 6.61 Å². The summed E-state index contributed by atoms with van der Waals surface area (Å²) in [6.07, 6.45) is 0.170. The molecule has 154 valence electrons. The number of nitrogens with one attached hydrogen (secondary N) is 3. The van der Waals surface area contributed by atoms with Crippen molar-refractivity contribution >= 4 is 55.8 Å². The van der Waals surface area contributed by atoms with Crippen LogP contribution in [0.3, 0.4) is 0 Å². The molecule has 3 aromatic carbocycles. The van der Waals surface area contributed by atoms with E-state index in [2.05, 4.69) is 32.1 Å². The lowest BCUT2D eigenvalue weighted by Crippen LogP contribution is -2.50. The monoisotopic (exact) mass is 485 g/mol. The minimum absolute atomic E-state index is 0.00779. The number of rotatable bonds is 5. The number of carbonyl (C=O) groups excluding carboxylic acids is 2. The summed E-state index contributed by atoms with van der Waals surface area (Å²) < 4.78 is 6.42. The van der Waals surface area contributed by atoms with Gasteiger partial charge in [-0.2, -0.15) is 0 Å². The second-order valence-electron chi connectivity index (χ2n) is 6.56. The number of aryl methyl sites for hydroxylation is 1. The molecule has 0 fully saturated rings. The molecule has 0 aliphatic heterocycles. The Bertz CT molecular complexity index is 1100. The number of hydrogen-bond acceptors (Lipinski definition) is 4. The van der Waals surface area contributed by atoms with Crippen LogP contribution in [0.2, 0.25) is 0 Å². The van der Waals surface area contributed by atoms with Gasteiger partial charge < -0.3 is 10.1 Å². The highest BCUT2D eigenvalue weighted by Gasteiger charge is 2.10. The summed E-state index contributed by atoms with van der Waals surface area (Å²) in [6, 6.07) is 19.2. The maximum absolute atomic E-state index is 12.3. The highest BCUT2D eigenvalue weighted by molar-refractivity contribution is 9.10. The van der Waals surface area contributed by atoms with E-state index in [9.17, 15) is 9.59 Å². The van der Waals surface area contributed by atoms with Crippen molar-refractivity contribution < 1.29 is 14.3 Å². The van der Waals surface area contributed by atoms with E-state index in [0.717, 1.165) is 26.4 Å². The minimum atomic E-state index is -0.428. The van der Waals surface area contributed by atoms with E-state index >= 15 is 0 Å². The first-order valence-electron chi connectivity index (χ1n) is 9.16. The lowest BCUT2D eigenvalue weighted by Gasteiger charge is -2.13. The van der Waals surface area contributed by atoms with Crippen molar-refractivity contribution in [1.29, 1.82) is 0 Å². The molecular weight excluding hydrogens is 466 g/mol. The van der Waals surface area contributed by atoms with Crippen molar-refractivity contribution in [3.63, 3.8) is 0 Å². The Morgan fingerprint density at radius 2 is 1.77 bits per heavy atom. The van der Waals surface area contributed by atoms with Gasteiger partial charge in [-0.3, -0.25) is 20.4 Å². The zero-order valence-electron chi connectivity index (χ0n) is 16.2. The number of hydrogen-bond donors (Lipinski definition) is 3. The molecule has 0 spiro atoms. The number of fused-ring (bicyclic) bond motifs is 1. The van der Waals surface area contributed by atoms with Gasteiger partial charge in [0.2, 0.25) is 5.91 Å². The van der Waals surface area contributed by atoms with Crippen LogP contribution in [0.1, 0.15) is 11.1 Å². The predicted molar refractivity (Wildman–Crippen MR) is 124 cm³/mol. The quantitative estimate of drug-likeness (QED) is 0.380. The van der Waals surface area contributed by atoms with Crippen LogP contribution in [0.4, 0.5) is 0 Å². The Balaban J connectivity index is 1.44. The van der Waals surface area contributed by atoms with Crippen molar-refractivity contribution in [3.05, 3.63) is 76.3 Å². The number of benzene rings is 3. The first kappa shape index (κ1) is 21.7. The van der Waals surface area contributed by atoms with Gasteiger partial charge in [0.05, 0.1) is 6.42 Å². The highest BCUT2D eigenvalue weighted by atomic mass is 79.9. The smallest absolute Gasteiger partial charge is 0.276 e. The van der Waals surface area contributed by atoms with Crippen LogP contribution in [0, 0.1) is 6.92 Å². The zero-order valence-corrected chi connectivity index (χ0v) is 18.6. The van der Waals surface area contributed by atoms with E-state index in [1.54, 1.807) is 6.07 Å². The fraction of sp³-hybridized carbons (Fsp3) is 0.136. The van der Waals surface area contributed by atoms with Gasteiger partial charge in [-0.05, 0) is 59.2 Å². The SMILES string of the molecule is Cc1cc(Br)ccc1OCC(=O)NNC(=S)NC(=O)Cc1cccc2ccccc12. The van der Waals surface area contributed by atoms with Gasteiger partial charge in [0.1, 0.15) is 5.75 Å². The molecule has 30 heavy (non-hydrogen) atoms. The minimum Gasteiger partial charge on any atom is -0.483 e. The van der Waals surface area contributed by atoms with E-state index in [1.807, 2.05) is 61.5 Å². The first-order chi connectivity index (χ1) is 14.4. The lowest BCUT2D eigenvalue weighted by atomic mass is 10.0. The highest BCUT2D eigenvalue weighted by Crippen LogP contribution is 2.22. The standard InChI is InChI=1S/C22H20BrN3O3S/c1-14-11-17(23)9-10-19(14)29-13-21(28)25-26-22(30)24-20(27)12-16-7-4-6-15-5-2-3-8-18(15)16/h2-11H,12-13H2,1H3,(H,25,28)(H2,24,26,27,30). The van der Waals surface area contributed by atoms with Crippen LogP contribution in [-0.4, -0.2) is 23.5 Å². The van der Waals surface area contributed by atoms with Crippen LogP contribution in [-0.2, 0) is 16.0 Å². The molecule has 0 aromatic heterocycles. The number of ether oxygens (including phenoxy) is 1. The van der Waals surface area contributed by atoms with E-state index < -0.39 is 5.91 Å². The Morgan fingerprint density at radius 1 is 1.00 bits per heavy atom. The third kappa shape index (κ3) is 6.01. The maximum atomic E-state index is 12.3. The Kier molecular flexibility index (Phi) is 7.37. The average molecular weight is 486 g/mol. The summed E-state index contributed by atoms with van der Waals surface area (Å²) in [4.78, 5) is 24.2. The fourth-order valence-corrected chi connectivity index (χ4v) is 3.54. The molecule has 3 aromatic rings. The number of halogens is 1. The Labute approximate surface area is 188 Å². The normalized spacial score (nSPS) is 10.3. The van der Waals surface area contributed by atoms with Crippen LogP contribution in [0.15, 0.2) is 65.1 Å². The van der Waals surface area contributed by atoms with Crippen molar-refractivity contribution in [3.8, 4) is 5.75 Å². The molecule has 0 heterocycles. The average Bonchev–Trinajstić information content (AvgIpc) is 2.72. The molecule has 0 aliphatic carbocycles. The van der Waals surface area contributed by atoms with Crippen LogP contribution < -0.4 is 20.9 Å². The van der Waals surface area contributed by atoms with Gasteiger partial charge in [-0.25, -0.2) is 0 Å². The number of thiocarbonyl (C=S) groups is 1. The molecular formula is C22H20BrN3O3S. The molecule has 3 N–H and O–H groups in total. The topological polar surface area (TPSA) is 79.5 Å². The maximum Gasteiger partial charge on any atom is 0.276 e. The molecule has 0 atom stereocenters. The van der Waals surface area contributed by atoms with Crippen molar-refractivity contribution in [2.45, 2.75) is 13.3 Å². The number of hydrazine groups is 1. The largest absolute Gasteiger partial charge is 0.483 e. The molecule has 8 heteroatoms. The molecule has 0 aliphatic rings. The Hall–Kier alpha value is -2.97. The first-order valence-corrected chi connectivity index (χ1v) is 10.4. The zero-order chi connectivity index (χ0) is 21.5. The summed E-state index contributed by atoms with van der Waals surface area (Å²) in [5, 5.41) is 4.65. The van der Waals surface area contributed by atoms with E-state index in [0.29, 0.717) is 5.75 Å². The molecule has 6 nitrogen and oxygen atoms in total. The molecule has 0 bridgehead atoms. The van der Waals surface area contributed by atoms with Crippen molar-refractivity contribution in [1.82, 2.24) is 16.2 Å². The molecule has 2 amide bonds. The van der Waals surface area contributed by atoms with Crippen molar-refractivity contribution in [2.24, 2.45) is 0 Å².